The highest BCUT2D eigenvalue weighted by atomic mass is 31.0. The molecule has 3 N–H and O–H groups in total. The van der Waals surface area contributed by atoms with Gasteiger partial charge in [-0.1, -0.05) is 12.1 Å². The van der Waals surface area contributed by atoms with Gasteiger partial charge in [-0.15, -0.1) is 0 Å². The average molecular weight is 525 g/mol. The Balaban J connectivity index is 1.19. The van der Waals surface area contributed by atoms with Crippen LogP contribution in [0.4, 0.5) is 25.8 Å². The van der Waals surface area contributed by atoms with Gasteiger partial charge in [0.15, 0.2) is 0 Å². The standard InChI is InChI=1S/C27H31F2N6OP/c28-27(29,37)32-22-3-1-20(2-4-22)17-35-18-21-15-23(16-24(30)25(21)26(35)36)34-13-11-33(12-14-34)10-7-19-5-8-31-9-6-19/h1-6,8-9,15-16,32H,7,10-14,17-18,30,37H2. The normalized spacial score (nSPS) is 16.2. The minimum Gasteiger partial charge on any atom is -0.398 e. The summed E-state index contributed by atoms with van der Waals surface area (Å²) in [7, 11) is 1.46. The molecular weight excluding hydrogens is 493 g/mol. The zero-order valence-corrected chi connectivity index (χ0v) is 21.7. The second kappa shape index (κ2) is 10.6. The van der Waals surface area contributed by atoms with Crippen LogP contribution < -0.4 is 16.0 Å². The number of carbonyl (C=O) groups is 1. The molecule has 0 spiro atoms. The summed E-state index contributed by atoms with van der Waals surface area (Å²) in [5.74, 6) is -3.17. The minimum absolute atomic E-state index is 0.0984. The van der Waals surface area contributed by atoms with Crippen molar-refractivity contribution in [2.24, 2.45) is 0 Å². The summed E-state index contributed by atoms with van der Waals surface area (Å²) >= 11 is 0. The predicted octanol–water partition coefficient (Wildman–Crippen LogP) is 4.02. The number of alkyl halides is 2. The third-order valence-corrected chi connectivity index (χ3v) is 7.08. The van der Waals surface area contributed by atoms with Crippen molar-refractivity contribution in [3.05, 3.63) is 83.2 Å². The van der Waals surface area contributed by atoms with Crippen molar-refractivity contribution in [3.63, 3.8) is 0 Å². The van der Waals surface area contributed by atoms with Crippen LogP contribution in [-0.2, 0) is 19.5 Å². The largest absolute Gasteiger partial charge is 0.398 e. The number of piperazine rings is 1. The number of nitrogens with one attached hydrogen (secondary N) is 1. The van der Waals surface area contributed by atoms with Gasteiger partial charge in [0, 0.05) is 75.3 Å². The number of carbonyl (C=O) groups excluding carboxylic acids is 1. The molecule has 2 aliphatic rings. The second-order valence-electron chi connectivity index (χ2n) is 9.61. The number of fused-ring (bicyclic) bond motifs is 1. The molecule has 1 fully saturated rings. The van der Waals surface area contributed by atoms with Gasteiger partial charge >= 0.3 is 5.79 Å². The molecule has 3 aromatic rings. The molecular formula is C27H31F2N6OP. The second-order valence-corrected chi connectivity index (χ2v) is 10.3. The van der Waals surface area contributed by atoms with E-state index in [-0.39, 0.29) is 5.91 Å². The van der Waals surface area contributed by atoms with E-state index in [1.807, 2.05) is 18.5 Å². The molecule has 10 heteroatoms. The average Bonchev–Trinajstić information content (AvgIpc) is 3.19. The molecule has 0 radical (unpaired) electrons. The predicted molar refractivity (Wildman–Crippen MR) is 146 cm³/mol. The Labute approximate surface area is 217 Å². The number of benzene rings is 2. The Kier molecular flexibility index (Phi) is 7.26. The van der Waals surface area contributed by atoms with Gasteiger partial charge in [0.1, 0.15) is 0 Å². The van der Waals surface area contributed by atoms with Gasteiger partial charge in [-0.25, -0.2) is 0 Å². The van der Waals surface area contributed by atoms with E-state index in [1.54, 1.807) is 29.2 Å². The number of nitrogen functional groups attached to an aromatic ring is 1. The van der Waals surface area contributed by atoms with Crippen molar-refractivity contribution in [2.75, 3.05) is 48.7 Å². The van der Waals surface area contributed by atoms with Crippen LogP contribution in [0.15, 0.2) is 60.9 Å². The van der Waals surface area contributed by atoms with Gasteiger partial charge < -0.3 is 20.9 Å². The van der Waals surface area contributed by atoms with Crippen LogP contribution in [0.5, 0.6) is 0 Å². The van der Waals surface area contributed by atoms with Crippen LogP contribution in [0, 0.1) is 0 Å². The van der Waals surface area contributed by atoms with Crippen molar-refractivity contribution in [3.8, 4) is 0 Å². The van der Waals surface area contributed by atoms with Crippen molar-refractivity contribution in [1.29, 1.82) is 0 Å². The number of nitrogens with two attached hydrogens (primary N) is 1. The van der Waals surface area contributed by atoms with Crippen LogP contribution in [0.2, 0.25) is 0 Å². The lowest BCUT2D eigenvalue weighted by Crippen LogP contribution is -2.47. The monoisotopic (exact) mass is 524 g/mol. The topological polar surface area (TPSA) is 77.7 Å². The third-order valence-electron chi connectivity index (χ3n) is 6.94. The zero-order valence-electron chi connectivity index (χ0n) is 20.5. The quantitative estimate of drug-likeness (QED) is 0.263. The molecule has 1 atom stereocenters. The molecule has 2 aromatic carbocycles. The van der Waals surface area contributed by atoms with Crippen LogP contribution in [-0.4, -0.2) is 59.2 Å². The first-order chi connectivity index (χ1) is 17.7. The molecule has 3 heterocycles. The van der Waals surface area contributed by atoms with Crippen LogP contribution in [0.25, 0.3) is 0 Å². The molecule has 0 bridgehead atoms. The van der Waals surface area contributed by atoms with E-state index in [0.29, 0.717) is 30.0 Å². The highest BCUT2D eigenvalue weighted by Crippen LogP contribution is 2.34. The zero-order chi connectivity index (χ0) is 26.0. The lowest BCUT2D eigenvalue weighted by atomic mass is 10.1. The summed E-state index contributed by atoms with van der Waals surface area (Å²) in [6.07, 6.45) is 4.68. The fourth-order valence-electron chi connectivity index (χ4n) is 5.01. The summed E-state index contributed by atoms with van der Waals surface area (Å²) in [5, 5.41) is 2.11. The molecule has 2 aliphatic heterocycles. The first kappa shape index (κ1) is 25.4. The van der Waals surface area contributed by atoms with E-state index in [0.717, 1.165) is 56.0 Å². The van der Waals surface area contributed by atoms with Gasteiger partial charge in [-0.05, 0) is 68.7 Å². The first-order valence-corrected chi connectivity index (χ1v) is 12.9. The highest BCUT2D eigenvalue weighted by Gasteiger charge is 2.31. The molecule has 194 valence electrons. The molecule has 37 heavy (non-hydrogen) atoms. The smallest absolute Gasteiger partial charge is 0.334 e. The maximum absolute atomic E-state index is 13.1. The fourth-order valence-corrected chi connectivity index (χ4v) is 5.18. The number of anilines is 3. The lowest BCUT2D eigenvalue weighted by molar-refractivity contribution is 0.0767. The van der Waals surface area contributed by atoms with Crippen LogP contribution >= 0.6 is 9.24 Å². The van der Waals surface area contributed by atoms with Gasteiger partial charge in [-0.2, -0.15) is 8.78 Å². The molecule has 7 nitrogen and oxygen atoms in total. The Morgan fingerprint density at radius 3 is 2.38 bits per heavy atom. The summed E-state index contributed by atoms with van der Waals surface area (Å²) in [5.41, 5.74) is 11.9. The molecule has 0 aliphatic carbocycles. The van der Waals surface area contributed by atoms with E-state index >= 15 is 0 Å². The van der Waals surface area contributed by atoms with Crippen molar-refractivity contribution in [1.82, 2.24) is 14.8 Å². The number of aromatic nitrogens is 1. The van der Waals surface area contributed by atoms with E-state index in [4.69, 9.17) is 5.73 Å². The van der Waals surface area contributed by atoms with Gasteiger partial charge in [-0.3, -0.25) is 14.7 Å². The number of hydrogen-bond donors (Lipinski definition) is 2. The van der Waals surface area contributed by atoms with E-state index in [9.17, 15) is 13.6 Å². The maximum Gasteiger partial charge on any atom is 0.334 e. The molecule has 1 saturated heterocycles. The van der Waals surface area contributed by atoms with Crippen molar-refractivity contribution >= 4 is 32.2 Å². The third kappa shape index (κ3) is 6.17. The van der Waals surface area contributed by atoms with Crippen molar-refractivity contribution in [2.45, 2.75) is 25.3 Å². The summed E-state index contributed by atoms with van der Waals surface area (Å²) in [6.45, 7) is 5.63. The number of hydrogen-bond acceptors (Lipinski definition) is 6. The minimum atomic E-state index is -3.07. The number of amides is 1. The first-order valence-electron chi connectivity index (χ1n) is 12.4. The van der Waals surface area contributed by atoms with Gasteiger partial charge in [0.2, 0.25) is 0 Å². The number of nitrogens with zero attached hydrogens (tertiary/aromatic N) is 4. The Morgan fingerprint density at radius 1 is 1.00 bits per heavy atom. The molecule has 5 rings (SSSR count). The number of halogens is 2. The number of rotatable bonds is 8. The van der Waals surface area contributed by atoms with Crippen LogP contribution in [0.1, 0.15) is 27.0 Å². The number of pyridine rings is 1. The fraction of sp³-hybridized carbons (Fsp3) is 0.333. The summed E-state index contributed by atoms with van der Waals surface area (Å²) < 4.78 is 26.3. The van der Waals surface area contributed by atoms with Gasteiger partial charge in [0.25, 0.3) is 5.91 Å². The summed E-state index contributed by atoms with van der Waals surface area (Å²) in [6, 6.07) is 14.8. The molecule has 1 unspecified atom stereocenters. The molecule has 1 aromatic heterocycles. The summed E-state index contributed by atoms with van der Waals surface area (Å²) in [4.78, 5) is 23.7. The van der Waals surface area contributed by atoms with E-state index in [1.165, 1.54) is 14.8 Å². The highest BCUT2D eigenvalue weighted by molar-refractivity contribution is 7.18. The van der Waals surface area contributed by atoms with Gasteiger partial charge in [0.05, 0.1) is 5.56 Å². The van der Waals surface area contributed by atoms with Crippen molar-refractivity contribution < 1.29 is 13.6 Å². The maximum atomic E-state index is 13.1. The van der Waals surface area contributed by atoms with E-state index < -0.39 is 5.79 Å². The SMILES string of the molecule is Nc1cc(N2CCN(CCc3ccncc3)CC2)cc2c1C(=O)N(Cc1ccc(NC(F)(F)P)cc1)C2. The van der Waals surface area contributed by atoms with Crippen LogP contribution in [0.3, 0.4) is 0 Å². The lowest BCUT2D eigenvalue weighted by Gasteiger charge is -2.36. The molecule has 1 amide bonds. The Bertz CT molecular complexity index is 1240. The Morgan fingerprint density at radius 2 is 1.70 bits per heavy atom. The Hall–Kier alpha value is -3.29. The van der Waals surface area contributed by atoms with E-state index in [2.05, 4.69) is 38.3 Å². The molecule has 0 saturated carbocycles.